The van der Waals surface area contributed by atoms with Gasteiger partial charge in [0.2, 0.25) is 0 Å². The first kappa shape index (κ1) is 9.78. The zero-order valence-electron chi connectivity index (χ0n) is 9.43. The minimum Gasteiger partial charge on any atom is -0.352 e. The second-order valence-corrected chi connectivity index (χ2v) is 4.43. The van der Waals surface area contributed by atoms with Gasteiger partial charge in [0.25, 0.3) is 0 Å². The van der Waals surface area contributed by atoms with Crippen LogP contribution in [0, 0.1) is 13.8 Å². The van der Waals surface area contributed by atoms with E-state index in [0.29, 0.717) is 0 Å². The van der Waals surface area contributed by atoms with E-state index < -0.39 is 0 Å². The summed E-state index contributed by atoms with van der Waals surface area (Å²) in [5.41, 5.74) is 4.37. The molecule has 0 bridgehead atoms. The van der Waals surface area contributed by atoms with Gasteiger partial charge in [-0.3, -0.25) is 0 Å². The van der Waals surface area contributed by atoms with Crippen LogP contribution in [0.2, 0.25) is 0 Å². The normalized spacial score (nSPS) is 22.6. The van der Waals surface area contributed by atoms with Gasteiger partial charge in [-0.2, -0.15) is 0 Å². The monoisotopic (exact) mass is 192 g/mol. The van der Waals surface area contributed by atoms with Crippen LogP contribution in [0.4, 0.5) is 0 Å². The van der Waals surface area contributed by atoms with Gasteiger partial charge in [-0.05, 0) is 50.8 Å². The molecule has 2 nitrogen and oxygen atoms in total. The lowest BCUT2D eigenvalue weighted by Crippen LogP contribution is -2.28. The molecule has 1 aromatic rings. The van der Waals surface area contributed by atoms with E-state index in [-0.39, 0.29) is 0 Å². The summed E-state index contributed by atoms with van der Waals surface area (Å²) in [6.45, 7) is 6.77. The summed E-state index contributed by atoms with van der Waals surface area (Å²) in [4.78, 5) is 0. The smallest absolute Gasteiger partial charge is 0.0178 e. The summed E-state index contributed by atoms with van der Waals surface area (Å²) >= 11 is 0. The zero-order valence-corrected chi connectivity index (χ0v) is 9.43. The van der Waals surface area contributed by atoms with Crippen LogP contribution in [0.15, 0.2) is 6.07 Å². The molecule has 1 N–H and O–H groups in total. The van der Waals surface area contributed by atoms with E-state index in [0.717, 1.165) is 12.5 Å². The number of hydrogen-bond donors (Lipinski definition) is 1. The Kier molecular flexibility index (Phi) is 2.64. The molecule has 0 aromatic carbocycles. The van der Waals surface area contributed by atoms with Crippen molar-refractivity contribution in [2.24, 2.45) is 7.05 Å². The summed E-state index contributed by atoms with van der Waals surface area (Å²) in [6, 6.07) is 2.35. The molecule has 0 saturated carbocycles. The van der Waals surface area contributed by atoms with E-state index in [1.165, 1.54) is 30.8 Å². The first-order valence-electron chi connectivity index (χ1n) is 5.53. The third-order valence-electron chi connectivity index (χ3n) is 3.55. The van der Waals surface area contributed by atoms with Crippen molar-refractivity contribution >= 4 is 0 Å². The lowest BCUT2D eigenvalue weighted by Gasteiger charge is -2.23. The molecule has 0 radical (unpaired) electrons. The highest BCUT2D eigenvalue weighted by atomic mass is 15.0. The summed E-state index contributed by atoms with van der Waals surface area (Å²) in [5, 5.41) is 3.48. The van der Waals surface area contributed by atoms with Gasteiger partial charge < -0.3 is 9.88 Å². The first-order chi connectivity index (χ1) is 6.70. The third kappa shape index (κ3) is 1.59. The van der Waals surface area contributed by atoms with Crippen molar-refractivity contribution in [2.75, 3.05) is 13.1 Å². The van der Waals surface area contributed by atoms with Crippen molar-refractivity contribution in [1.82, 2.24) is 9.88 Å². The molecule has 1 atom stereocenters. The van der Waals surface area contributed by atoms with Crippen LogP contribution in [-0.4, -0.2) is 17.7 Å². The highest BCUT2D eigenvalue weighted by Crippen LogP contribution is 2.27. The lowest BCUT2D eigenvalue weighted by molar-refractivity contribution is 0.460. The van der Waals surface area contributed by atoms with Gasteiger partial charge in [0.1, 0.15) is 0 Å². The number of nitrogens with zero attached hydrogens (tertiary/aromatic N) is 1. The van der Waals surface area contributed by atoms with Crippen LogP contribution in [0.1, 0.15) is 35.7 Å². The van der Waals surface area contributed by atoms with Crippen molar-refractivity contribution in [1.29, 1.82) is 0 Å². The summed E-state index contributed by atoms with van der Waals surface area (Å²) < 4.78 is 2.30. The topological polar surface area (TPSA) is 17.0 Å². The summed E-state index contributed by atoms with van der Waals surface area (Å²) in [7, 11) is 2.16. The fourth-order valence-corrected chi connectivity index (χ4v) is 2.42. The molecule has 0 spiro atoms. The van der Waals surface area contributed by atoms with Crippen molar-refractivity contribution in [3.8, 4) is 0 Å². The minimum atomic E-state index is 0.739. The van der Waals surface area contributed by atoms with Crippen molar-refractivity contribution in [3.63, 3.8) is 0 Å². The molecule has 78 valence electrons. The van der Waals surface area contributed by atoms with Crippen LogP contribution in [-0.2, 0) is 7.05 Å². The van der Waals surface area contributed by atoms with E-state index in [1.807, 2.05) is 0 Å². The molecule has 1 fully saturated rings. The van der Waals surface area contributed by atoms with Gasteiger partial charge in [-0.1, -0.05) is 0 Å². The predicted octanol–water partition coefficient (Wildman–Crippen LogP) is 2.11. The largest absolute Gasteiger partial charge is 0.352 e. The molecule has 1 aromatic heterocycles. The number of piperidine rings is 1. The second-order valence-electron chi connectivity index (χ2n) is 4.43. The fourth-order valence-electron chi connectivity index (χ4n) is 2.42. The molecule has 0 amide bonds. The highest BCUT2D eigenvalue weighted by molar-refractivity contribution is 5.30. The van der Waals surface area contributed by atoms with Gasteiger partial charge in [0, 0.05) is 25.0 Å². The van der Waals surface area contributed by atoms with Crippen molar-refractivity contribution < 1.29 is 0 Å². The molecule has 2 heteroatoms. The molecule has 1 aliphatic heterocycles. The Bertz CT molecular complexity index is 319. The number of aromatic nitrogens is 1. The molecule has 2 heterocycles. The molecule has 1 unspecified atom stereocenters. The average molecular weight is 192 g/mol. The Morgan fingerprint density at radius 1 is 1.43 bits per heavy atom. The maximum Gasteiger partial charge on any atom is 0.0178 e. The molecule has 1 saturated heterocycles. The zero-order chi connectivity index (χ0) is 10.1. The Balaban J connectivity index is 2.26. The van der Waals surface area contributed by atoms with E-state index in [2.05, 4.69) is 36.8 Å². The van der Waals surface area contributed by atoms with Gasteiger partial charge in [-0.25, -0.2) is 0 Å². The fraction of sp³-hybridized carbons (Fsp3) is 0.667. The number of rotatable bonds is 1. The maximum atomic E-state index is 3.48. The van der Waals surface area contributed by atoms with Gasteiger partial charge in [0.15, 0.2) is 0 Å². The molecule has 1 aliphatic rings. The summed E-state index contributed by atoms with van der Waals surface area (Å²) in [5.74, 6) is 0.739. The quantitative estimate of drug-likeness (QED) is 0.721. The Labute approximate surface area is 86.3 Å². The van der Waals surface area contributed by atoms with Crippen molar-refractivity contribution in [2.45, 2.75) is 32.6 Å². The van der Waals surface area contributed by atoms with Crippen LogP contribution in [0.3, 0.4) is 0 Å². The SMILES string of the molecule is Cc1cc(C2CCCNC2)c(C)n1C. The van der Waals surface area contributed by atoms with Crippen LogP contribution in [0.25, 0.3) is 0 Å². The molecule has 0 aliphatic carbocycles. The Morgan fingerprint density at radius 3 is 2.71 bits per heavy atom. The second kappa shape index (κ2) is 3.77. The average Bonchev–Trinajstić information content (AvgIpc) is 2.47. The first-order valence-corrected chi connectivity index (χ1v) is 5.53. The minimum absolute atomic E-state index is 0.739. The predicted molar refractivity (Wildman–Crippen MR) is 59.7 cm³/mol. The molecular formula is C12H20N2. The van der Waals surface area contributed by atoms with Crippen LogP contribution < -0.4 is 5.32 Å². The van der Waals surface area contributed by atoms with E-state index >= 15 is 0 Å². The third-order valence-corrected chi connectivity index (χ3v) is 3.55. The Morgan fingerprint density at radius 2 is 2.21 bits per heavy atom. The number of hydrogen-bond acceptors (Lipinski definition) is 1. The lowest BCUT2D eigenvalue weighted by atomic mass is 9.92. The van der Waals surface area contributed by atoms with E-state index in [9.17, 15) is 0 Å². The molecule has 14 heavy (non-hydrogen) atoms. The van der Waals surface area contributed by atoms with Gasteiger partial charge >= 0.3 is 0 Å². The van der Waals surface area contributed by atoms with E-state index in [4.69, 9.17) is 0 Å². The van der Waals surface area contributed by atoms with Crippen LogP contribution in [0.5, 0.6) is 0 Å². The van der Waals surface area contributed by atoms with Gasteiger partial charge in [-0.15, -0.1) is 0 Å². The standard InChI is InChI=1S/C12H20N2/c1-9-7-12(10(2)14(9)3)11-5-4-6-13-8-11/h7,11,13H,4-6,8H2,1-3H3. The van der Waals surface area contributed by atoms with Gasteiger partial charge in [0.05, 0.1) is 0 Å². The number of aryl methyl sites for hydroxylation is 1. The maximum absolute atomic E-state index is 3.48. The Hall–Kier alpha value is -0.760. The van der Waals surface area contributed by atoms with Crippen LogP contribution >= 0.6 is 0 Å². The van der Waals surface area contributed by atoms with Crippen molar-refractivity contribution in [3.05, 3.63) is 23.0 Å². The highest BCUT2D eigenvalue weighted by Gasteiger charge is 2.19. The number of nitrogens with one attached hydrogen (secondary N) is 1. The van der Waals surface area contributed by atoms with E-state index in [1.54, 1.807) is 5.56 Å². The molecular weight excluding hydrogens is 172 g/mol. The summed E-state index contributed by atoms with van der Waals surface area (Å²) in [6.07, 6.45) is 2.66. The molecule has 2 rings (SSSR count).